The van der Waals surface area contributed by atoms with E-state index in [4.69, 9.17) is 15.2 Å². The molecule has 1 aromatic rings. The number of nitrogens with zero attached hydrogens (tertiary/aromatic N) is 3. The summed E-state index contributed by atoms with van der Waals surface area (Å²) in [5.74, 6) is 0.469. The van der Waals surface area contributed by atoms with Crippen molar-refractivity contribution in [1.82, 2.24) is 4.98 Å². The summed E-state index contributed by atoms with van der Waals surface area (Å²) < 4.78 is 10.2. The van der Waals surface area contributed by atoms with E-state index in [-0.39, 0.29) is 23.1 Å². The van der Waals surface area contributed by atoms with Gasteiger partial charge in [0.2, 0.25) is 11.7 Å². The van der Waals surface area contributed by atoms with Crippen LogP contribution >= 0.6 is 0 Å². The molecule has 18 heavy (non-hydrogen) atoms. The highest BCUT2D eigenvalue weighted by Gasteiger charge is 2.25. The van der Waals surface area contributed by atoms with Gasteiger partial charge in [0.1, 0.15) is 5.69 Å². The molecular formula is C10H14N4O4. The van der Waals surface area contributed by atoms with Gasteiger partial charge in [0, 0.05) is 19.2 Å². The Morgan fingerprint density at radius 2 is 2.22 bits per heavy atom. The van der Waals surface area contributed by atoms with Crippen LogP contribution in [0.25, 0.3) is 0 Å². The Hall–Kier alpha value is -2.09. The van der Waals surface area contributed by atoms with Crippen LogP contribution in [0.5, 0.6) is 5.88 Å². The second kappa shape index (κ2) is 5.05. The molecule has 0 amide bonds. The van der Waals surface area contributed by atoms with E-state index < -0.39 is 4.92 Å². The van der Waals surface area contributed by atoms with E-state index in [1.54, 1.807) is 4.90 Å². The summed E-state index contributed by atoms with van der Waals surface area (Å²) in [6.45, 7) is 2.15. The first-order valence-electron chi connectivity index (χ1n) is 5.45. The van der Waals surface area contributed by atoms with Crippen LogP contribution in [0.4, 0.5) is 17.2 Å². The van der Waals surface area contributed by atoms with Gasteiger partial charge in [-0.15, -0.1) is 0 Å². The first-order chi connectivity index (χ1) is 8.63. The first-order valence-corrected chi connectivity index (χ1v) is 5.45. The summed E-state index contributed by atoms with van der Waals surface area (Å²) in [5.41, 5.74) is 5.67. The number of ether oxygens (including phenoxy) is 2. The van der Waals surface area contributed by atoms with Crippen molar-refractivity contribution in [2.75, 3.05) is 44.0 Å². The van der Waals surface area contributed by atoms with Gasteiger partial charge < -0.3 is 20.1 Å². The fourth-order valence-corrected chi connectivity index (χ4v) is 1.80. The lowest BCUT2D eigenvalue weighted by Crippen LogP contribution is -2.37. The molecular weight excluding hydrogens is 240 g/mol. The molecule has 8 heteroatoms. The van der Waals surface area contributed by atoms with Gasteiger partial charge in [-0.3, -0.25) is 10.1 Å². The molecule has 2 rings (SSSR count). The zero-order valence-electron chi connectivity index (χ0n) is 9.96. The van der Waals surface area contributed by atoms with Crippen molar-refractivity contribution < 1.29 is 14.4 Å². The summed E-state index contributed by atoms with van der Waals surface area (Å²) in [6.07, 6.45) is 0. The molecule has 1 fully saturated rings. The van der Waals surface area contributed by atoms with Gasteiger partial charge in [0.15, 0.2) is 0 Å². The number of nitro groups is 1. The number of nitrogen functional groups attached to an aromatic ring is 1. The zero-order valence-corrected chi connectivity index (χ0v) is 9.96. The smallest absolute Gasteiger partial charge is 0.313 e. The third-order valence-electron chi connectivity index (χ3n) is 2.68. The Bertz CT molecular complexity index is 459. The largest absolute Gasteiger partial charge is 0.479 e. The second-order valence-corrected chi connectivity index (χ2v) is 3.79. The first kappa shape index (κ1) is 12.4. The van der Waals surface area contributed by atoms with Gasteiger partial charge in [0.25, 0.3) is 0 Å². The number of nitrogens with two attached hydrogens (primary N) is 1. The van der Waals surface area contributed by atoms with Crippen molar-refractivity contribution in [2.24, 2.45) is 0 Å². The van der Waals surface area contributed by atoms with Gasteiger partial charge in [-0.1, -0.05) is 0 Å². The van der Waals surface area contributed by atoms with Crippen molar-refractivity contribution in [3.63, 3.8) is 0 Å². The number of morpholine rings is 1. The normalized spacial score (nSPS) is 15.5. The number of pyridine rings is 1. The Morgan fingerprint density at radius 3 is 2.78 bits per heavy atom. The lowest BCUT2D eigenvalue weighted by atomic mass is 10.3. The van der Waals surface area contributed by atoms with E-state index in [2.05, 4.69) is 4.98 Å². The van der Waals surface area contributed by atoms with Crippen molar-refractivity contribution in [1.29, 1.82) is 0 Å². The molecule has 0 radical (unpaired) electrons. The number of anilines is 2. The van der Waals surface area contributed by atoms with Crippen molar-refractivity contribution >= 4 is 17.2 Å². The summed E-state index contributed by atoms with van der Waals surface area (Å²) >= 11 is 0. The molecule has 0 spiro atoms. The van der Waals surface area contributed by atoms with Crippen molar-refractivity contribution in [3.05, 3.63) is 16.2 Å². The Balaban J connectivity index is 2.44. The quantitative estimate of drug-likeness (QED) is 0.615. The Morgan fingerprint density at radius 1 is 1.56 bits per heavy atom. The van der Waals surface area contributed by atoms with Gasteiger partial charge in [-0.05, 0) is 0 Å². The fourth-order valence-electron chi connectivity index (χ4n) is 1.80. The Kier molecular flexibility index (Phi) is 3.47. The van der Waals surface area contributed by atoms with Crippen molar-refractivity contribution in [2.45, 2.75) is 0 Å². The maximum Gasteiger partial charge on any atom is 0.313 e. The number of hydrogen-bond donors (Lipinski definition) is 1. The molecule has 1 aliphatic heterocycles. The van der Waals surface area contributed by atoms with E-state index in [1.807, 2.05) is 0 Å². The van der Waals surface area contributed by atoms with Crippen LogP contribution in [-0.4, -0.2) is 43.3 Å². The molecule has 0 aliphatic carbocycles. The van der Waals surface area contributed by atoms with Crippen LogP contribution in [0.3, 0.4) is 0 Å². The second-order valence-electron chi connectivity index (χ2n) is 3.79. The fraction of sp³-hybridized carbons (Fsp3) is 0.500. The highest BCUT2D eigenvalue weighted by molar-refractivity contribution is 5.67. The molecule has 0 saturated carbocycles. The van der Waals surface area contributed by atoms with E-state index in [9.17, 15) is 10.1 Å². The molecule has 1 aromatic heterocycles. The number of methoxy groups -OCH3 is 1. The van der Waals surface area contributed by atoms with Crippen LogP contribution in [0, 0.1) is 10.1 Å². The van der Waals surface area contributed by atoms with Crippen molar-refractivity contribution in [3.8, 4) is 5.88 Å². The molecule has 8 nitrogen and oxygen atoms in total. The molecule has 2 heterocycles. The van der Waals surface area contributed by atoms with Gasteiger partial charge in [-0.2, -0.15) is 4.98 Å². The van der Waals surface area contributed by atoms with E-state index in [0.29, 0.717) is 26.3 Å². The zero-order chi connectivity index (χ0) is 13.1. The number of aromatic nitrogens is 1. The van der Waals surface area contributed by atoms with Gasteiger partial charge in [-0.25, -0.2) is 0 Å². The standard InChI is InChI=1S/C10H14N4O4/c1-17-10-7(11)6-8(14(15)16)9(12-10)13-2-4-18-5-3-13/h6H,2-5,11H2,1H3. The predicted octanol–water partition coefficient (Wildman–Crippen LogP) is 0.417. The molecule has 0 atom stereocenters. The molecule has 0 bridgehead atoms. The van der Waals surface area contributed by atoms with Crippen LogP contribution in [-0.2, 0) is 4.74 Å². The minimum Gasteiger partial charge on any atom is -0.479 e. The summed E-state index contributed by atoms with van der Waals surface area (Å²) in [7, 11) is 1.42. The molecule has 1 saturated heterocycles. The minimum absolute atomic E-state index is 0.116. The average molecular weight is 254 g/mol. The van der Waals surface area contributed by atoms with E-state index >= 15 is 0 Å². The molecule has 98 valence electrons. The summed E-state index contributed by atoms with van der Waals surface area (Å²) in [5, 5.41) is 11.0. The van der Waals surface area contributed by atoms with Crippen LogP contribution < -0.4 is 15.4 Å². The topological polar surface area (TPSA) is 104 Å². The minimum atomic E-state index is -0.492. The third kappa shape index (κ3) is 2.28. The van der Waals surface area contributed by atoms with Gasteiger partial charge >= 0.3 is 5.69 Å². The maximum atomic E-state index is 11.0. The summed E-state index contributed by atoms with van der Waals surface area (Å²) in [6, 6.07) is 1.27. The Labute approximate surface area is 103 Å². The van der Waals surface area contributed by atoms with Crippen LogP contribution in [0.15, 0.2) is 6.07 Å². The molecule has 0 unspecified atom stereocenters. The van der Waals surface area contributed by atoms with Gasteiger partial charge in [0.05, 0.1) is 25.2 Å². The molecule has 0 aromatic carbocycles. The third-order valence-corrected chi connectivity index (χ3v) is 2.68. The van der Waals surface area contributed by atoms with E-state index in [0.717, 1.165) is 0 Å². The highest BCUT2D eigenvalue weighted by Crippen LogP contribution is 2.33. The van der Waals surface area contributed by atoms with Crippen LogP contribution in [0.1, 0.15) is 0 Å². The number of rotatable bonds is 3. The summed E-state index contributed by atoms with van der Waals surface area (Å²) in [4.78, 5) is 16.4. The predicted molar refractivity (Wildman–Crippen MR) is 64.9 cm³/mol. The SMILES string of the molecule is COc1nc(N2CCOCC2)c([N+](=O)[O-])cc1N. The average Bonchev–Trinajstić information content (AvgIpc) is 2.39. The number of hydrogen-bond acceptors (Lipinski definition) is 7. The lowest BCUT2D eigenvalue weighted by Gasteiger charge is -2.27. The lowest BCUT2D eigenvalue weighted by molar-refractivity contribution is -0.384. The highest BCUT2D eigenvalue weighted by atomic mass is 16.6. The monoisotopic (exact) mass is 254 g/mol. The molecule has 1 aliphatic rings. The van der Waals surface area contributed by atoms with E-state index in [1.165, 1.54) is 13.2 Å². The molecule has 2 N–H and O–H groups in total. The maximum absolute atomic E-state index is 11.0. The van der Waals surface area contributed by atoms with Crippen LogP contribution in [0.2, 0.25) is 0 Å².